The van der Waals surface area contributed by atoms with Crippen LogP contribution < -0.4 is 10.5 Å². The molecule has 0 aliphatic heterocycles. The van der Waals surface area contributed by atoms with Gasteiger partial charge in [0.2, 0.25) is 10.0 Å². The van der Waals surface area contributed by atoms with Gasteiger partial charge in [-0.3, -0.25) is 0 Å². The third-order valence-corrected chi connectivity index (χ3v) is 5.85. The quantitative estimate of drug-likeness (QED) is 0.757. The van der Waals surface area contributed by atoms with Gasteiger partial charge in [0.25, 0.3) is 0 Å². The van der Waals surface area contributed by atoms with Crippen LogP contribution >= 0.6 is 0 Å². The van der Waals surface area contributed by atoms with Crippen LogP contribution in [0.1, 0.15) is 18.5 Å². The Labute approximate surface area is 107 Å². The molecular formula is C10H16N2O4S2. The van der Waals surface area contributed by atoms with Gasteiger partial charge < -0.3 is 5.73 Å². The average molecular weight is 292 g/mol. The van der Waals surface area contributed by atoms with Gasteiger partial charge in [0.15, 0.2) is 14.9 Å². The zero-order valence-electron chi connectivity index (χ0n) is 10.1. The second-order valence-electron chi connectivity index (χ2n) is 4.13. The molecular weight excluding hydrogens is 276 g/mol. The Morgan fingerprint density at radius 2 is 1.78 bits per heavy atom. The molecule has 1 unspecified atom stereocenters. The van der Waals surface area contributed by atoms with Crippen molar-refractivity contribution in [1.82, 2.24) is 4.72 Å². The maximum atomic E-state index is 11.6. The zero-order chi connectivity index (χ0) is 14.0. The SMILES string of the molecule is CC(NS(=O)(=O)CS(C)(=O)=O)c1ccccc1N. The van der Waals surface area contributed by atoms with Crippen molar-refractivity contribution in [2.45, 2.75) is 13.0 Å². The molecule has 0 aliphatic carbocycles. The fraction of sp³-hybridized carbons (Fsp3) is 0.400. The summed E-state index contributed by atoms with van der Waals surface area (Å²) in [5.74, 6) is 0. The summed E-state index contributed by atoms with van der Waals surface area (Å²) < 4.78 is 47.5. The summed E-state index contributed by atoms with van der Waals surface area (Å²) in [5.41, 5.74) is 6.77. The number of nitrogen functional groups attached to an aromatic ring is 1. The summed E-state index contributed by atoms with van der Waals surface area (Å²) in [6.45, 7) is 1.60. The molecule has 0 fully saturated rings. The third kappa shape index (κ3) is 4.63. The Hall–Kier alpha value is -1.12. The maximum absolute atomic E-state index is 11.6. The highest BCUT2D eigenvalue weighted by Gasteiger charge is 2.21. The number of benzene rings is 1. The minimum Gasteiger partial charge on any atom is -0.398 e. The Balaban J connectivity index is 2.89. The van der Waals surface area contributed by atoms with E-state index < -0.39 is 31.0 Å². The van der Waals surface area contributed by atoms with Gasteiger partial charge in [-0.25, -0.2) is 21.6 Å². The Morgan fingerprint density at radius 3 is 2.28 bits per heavy atom. The van der Waals surface area contributed by atoms with Gasteiger partial charge in [-0.05, 0) is 18.6 Å². The van der Waals surface area contributed by atoms with E-state index in [4.69, 9.17) is 5.73 Å². The van der Waals surface area contributed by atoms with Gasteiger partial charge in [0.05, 0.1) is 0 Å². The molecule has 1 atom stereocenters. The monoisotopic (exact) mass is 292 g/mol. The van der Waals surface area contributed by atoms with Crippen LogP contribution in [-0.2, 0) is 19.9 Å². The summed E-state index contributed by atoms with van der Waals surface area (Å²) in [5, 5.41) is -0.933. The van der Waals surface area contributed by atoms with Gasteiger partial charge in [0.1, 0.15) is 0 Å². The normalized spacial score (nSPS) is 14.3. The van der Waals surface area contributed by atoms with Crippen LogP contribution in [0.5, 0.6) is 0 Å². The molecule has 0 aliphatic rings. The molecule has 8 heteroatoms. The molecule has 0 aromatic heterocycles. The first-order valence-corrected chi connectivity index (χ1v) is 8.84. The highest BCUT2D eigenvalue weighted by molar-refractivity contribution is 8.06. The molecule has 0 spiro atoms. The summed E-state index contributed by atoms with van der Waals surface area (Å²) in [6.07, 6.45) is 0.869. The predicted octanol–water partition coefficient (Wildman–Crippen LogP) is 0.251. The fourth-order valence-corrected chi connectivity index (χ4v) is 4.75. The standard InChI is InChI=1S/C10H16N2O4S2/c1-8(9-5-3-4-6-10(9)11)12-18(15,16)7-17(2,13)14/h3-6,8,12H,7,11H2,1-2H3. The number of rotatable bonds is 5. The summed E-state index contributed by atoms with van der Waals surface area (Å²) in [6, 6.07) is 6.21. The molecule has 102 valence electrons. The number of sulfone groups is 1. The van der Waals surface area contributed by atoms with Crippen molar-refractivity contribution in [3.8, 4) is 0 Å². The average Bonchev–Trinajstić information content (AvgIpc) is 2.12. The number of para-hydroxylation sites is 1. The van der Waals surface area contributed by atoms with E-state index in [0.29, 0.717) is 11.3 Å². The second kappa shape index (κ2) is 5.25. The van der Waals surface area contributed by atoms with Crippen LogP contribution in [0.4, 0.5) is 5.69 Å². The number of hydrogen-bond donors (Lipinski definition) is 2. The molecule has 0 saturated heterocycles. The van der Waals surface area contributed by atoms with Crippen molar-refractivity contribution in [2.75, 3.05) is 17.1 Å². The van der Waals surface area contributed by atoms with E-state index in [1.807, 2.05) is 0 Å². The van der Waals surface area contributed by atoms with Crippen molar-refractivity contribution in [2.24, 2.45) is 0 Å². The van der Waals surface area contributed by atoms with Gasteiger partial charge >= 0.3 is 0 Å². The van der Waals surface area contributed by atoms with E-state index in [1.54, 1.807) is 31.2 Å². The molecule has 1 aromatic rings. The molecule has 0 heterocycles. The largest absolute Gasteiger partial charge is 0.398 e. The van der Waals surface area contributed by atoms with E-state index in [9.17, 15) is 16.8 Å². The lowest BCUT2D eigenvalue weighted by molar-refractivity contribution is 0.568. The van der Waals surface area contributed by atoms with Crippen molar-refractivity contribution in [3.05, 3.63) is 29.8 Å². The molecule has 0 bridgehead atoms. The number of hydrogen-bond acceptors (Lipinski definition) is 5. The molecule has 0 amide bonds. The lowest BCUT2D eigenvalue weighted by Gasteiger charge is -2.15. The zero-order valence-corrected chi connectivity index (χ0v) is 11.8. The van der Waals surface area contributed by atoms with E-state index >= 15 is 0 Å². The van der Waals surface area contributed by atoms with E-state index in [-0.39, 0.29) is 0 Å². The van der Waals surface area contributed by atoms with Crippen LogP contribution in [0.25, 0.3) is 0 Å². The molecule has 1 rings (SSSR count). The van der Waals surface area contributed by atoms with E-state index in [0.717, 1.165) is 6.26 Å². The number of nitrogens with two attached hydrogens (primary N) is 1. The lowest BCUT2D eigenvalue weighted by atomic mass is 10.1. The number of sulfonamides is 1. The van der Waals surface area contributed by atoms with Gasteiger partial charge in [-0.2, -0.15) is 0 Å². The van der Waals surface area contributed by atoms with Crippen molar-refractivity contribution in [3.63, 3.8) is 0 Å². The fourth-order valence-electron chi connectivity index (χ4n) is 1.55. The smallest absolute Gasteiger partial charge is 0.226 e. The Kier molecular flexibility index (Phi) is 4.36. The first kappa shape index (κ1) is 14.9. The maximum Gasteiger partial charge on any atom is 0.226 e. The Bertz CT molecular complexity index is 623. The second-order valence-corrected chi connectivity index (χ2v) is 8.39. The highest BCUT2D eigenvalue weighted by atomic mass is 32.3. The number of anilines is 1. The highest BCUT2D eigenvalue weighted by Crippen LogP contribution is 2.20. The molecule has 0 radical (unpaired) electrons. The first-order chi connectivity index (χ1) is 8.11. The summed E-state index contributed by atoms with van der Waals surface area (Å²) in [4.78, 5) is 0. The van der Waals surface area contributed by atoms with Crippen LogP contribution in [0, 0.1) is 0 Å². The van der Waals surface area contributed by atoms with Crippen LogP contribution in [-0.4, -0.2) is 28.2 Å². The summed E-state index contributed by atoms with van der Waals surface area (Å²) in [7, 11) is -7.50. The first-order valence-electron chi connectivity index (χ1n) is 5.13. The van der Waals surface area contributed by atoms with Crippen molar-refractivity contribution >= 4 is 25.5 Å². The van der Waals surface area contributed by atoms with Crippen molar-refractivity contribution < 1.29 is 16.8 Å². The van der Waals surface area contributed by atoms with E-state index in [1.165, 1.54) is 0 Å². The Morgan fingerprint density at radius 1 is 1.22 bits per heavy atom. The minimum atomic E-state index is -3.90. The van der Waals surface area contributed by atoms with Crippen LogP contribution in [0.3, 0.4) is 0 Å². The molecule has 3 N–H and O–H groups in total. The van der Waals surface area contributed by atoms with Crippen molar-refractivity contribution in [1.29, 1.82) is 0 Å². The molecule has 18 heavy (non-hydrogen) atoms. The van der Waals surface area contributed by atoms with E-state index in [2.05, 4.69) is 4.72 Å². The van der Waals surface area contributed by atoms with Crippen LogP contribution in [0.15, 0.2) is 24.3 Å². The molecule has 6 nitrogen and oxygen atoms in total. The predicted molar refractivity (Wildman–Crippen MR) is 71.0 cm³/mol. The molecule has 0 saturated carbocycles. The van der Waals surface area contributed by atoms with Gasteiger partial charge in [-0.1, -0.05) is 18.2 Å². The minimum absolute atomic E-state index is 0.451. The third-order valence-electron chi connectivity index (χ3n) is 2.19. The lowest BCUT2D eigenvalue weighted by Crippen LogP contribution is -2.32. The summed E-state index contributed by atoms with van der Waals surface area (Å²) >= 11 is 0. The van der Waals surface area contributed by atoms with Crippen LogP contribution in [0.2, 0.25) is 0 Å². The topological polar surface area (TPSA) is 106 Å². The number of nitrogens with one attached hydrogen (secondary N) is 1. The van der Waals surface area contributed by atoms with Gasteiger partial charge in [-0.15, -0.1) is 0 Å². The van der Waals surface area contributed by atoms with Gasteiger partial charge in [0, 0.05) is 18.0 Å². The molecule has 1 aromatic carbocycles.